The van der Waals surface area contributed by atoms with Gasteiger partial charge < -0.3 is 11.1 Å². The van der Waals surface area contributed by atoms with Gasteiger partial charge >= 0.3 is 0 Å². The number of nitrogens with two attached hydrogens (primary N) is 1. The highest BCUT2D eigenvalue weighted by atomic mass is 16.1. The molecular formula is C16H24N2O. The van der Waals surface area contributed by atoms with Crippen molar-refractivity contribution in [2.75, 3.05) is 6.54 Å². The van der Waals surface area contributed by atoms with Crippen molar-refractivity contribution >= 4 is 5.91 Å². The Bertz CT molecular complexity index is 442. The minimum atomic E-state index is 0.0429. The third kappa shape index (κ3) is 3.57. The van der Waals surface area contributed by atoms with Crippen molar-refractivity contribution in [2.24, 2.45) is 5.73 Å². The SMILES string of the molecule is CCCCCCC(N)c1ccc2c(c1)C(=O)NCC2. The van der Waals surface area contributed by atoms with Crippen molar-refractivity contribution in [3.8, 4) is 0 Å². The van der Waals surface area contributed by atoms with E-state index in [4.69, 9.17) is 5.73 Å². The van der Waals surface area contributed by atoms with Crippen LogP contribution in [0.1, 0.15) is 66.6 Å². The normalized spacial score (nSPS) is 15.8. The van der Waals surface area contributed by atoms with Gasteiger partial charge in [-0.05, 0) is 30.0 Å². The summed E-state index contributed by atoms with van der Waals surface area (Å²) in [6.45, 7) is 2.95. The molecule has 0 bridgehead atoms. The Morgan fingerprint density at radius 1 is 1.32 bits per heavy atom. The molecule has 3 N–H and O–H groups in total. The Balaban J connectivity index is 2.00. The fourth-order valence-corrected chi connectivity index (χ4v) is 2.62. The van der Waals surface area contributed by atoms with Crippen molar-refractivity contribution in [1.82, 2.24) is 5.32 Å². The van der Waals surface area contributed by atoms with Gasteiger partial charge in [0.05, 0.1) is 0 Å². The number of hydrogen-bond donors (Lipinski definition) is 2. The van der Waals surface area contributed by atoms with Crippen LogP contribution in [0.5, 0.6) is 0 Å². The maximum atomic E-state index is 11.8. The van der Waals surface area contributed by atoms with Gasteiger partial charge in [0.2, 0.25) is 0 Å². The number of amides is 1. The predicted molar refractivity (Wildman–Crippen MR) is 78.2 cm³/mol. The molecule has 0 radical (unpaired) electrons. The lowest BCUT2D eigenvalue weighted by atomic mass is 9.93. The van der Waals surface area contributed by atoms with Gasteiger partial charge in [0.25, 0.3) is 5.91 Å². The number of rotatable bonds is 6. The molecule has 1 aliphatic heterocycles. The van der Waals surface area contributed by atoms with Crippen LogP contribution in [0.3, 0.4) is 0 Å². The van der Waals surface area contributed by atoms with Gasteiger partial charge in [-0.2, -0.15) is 0 Å². The Morgan fingerprint density at radius 3 is 2.95 bits per heavy atom. The minimum absolute atomic E-state index is 0.0429. The van der Waals surface area contributed by atoms with Crippen molar-refractivity contribution < 1.29 is 4.79 Å². The molecule has 19 heavy (non-hydrogen) atoms. The second-order valence-electron chi connectivity index (χ2n) is 5.38. The van der Waals surface area contributed by atoms with Crippen LogP contribution in [0.4, 0.5) is 0 Å². The maximum absolute atomic E-state index is 11.8. The van der Waals surface area contributed by atoms with E-state index < -0.39 is 0 Å². The van der Waals surface area contributed by atoms with Crippen molar-refractivity contribution in [2.45, 2.75) is 51.5 Å². The van der Waals surface area contributed by atoms with Gasteiger partial charge in [0.1, 0.15) is 0 Å². The number of carbonyl (C=O) groups is 1. The lowest BCUT2D eigenvalue weighted by molar-refractivity contribution is 0.0946. The zero-order valence-electron chi connectivity index (χ0n) is 11.7. The fourth-order valence-electron chi connectivity index (χ4n) is 2.62. The molecule has 0 spiro atoms. The summed E-state index contributed by atoms with van der Waals surface area (Å²) in [4.78, 5) is 11.8. The predicted octanol–water partition coefficient (Wildman–Crippen LogP) is 2.94. The molecule has 0 saturated heterocycles. The van der Waals surface area contributed by atoms with Crippen molar-refractivity contribution in [1.29, 1.82) is 0 Å². The smallest absolute Gasteiger partial charge is 0.251 e. The molecule has 3 heteroatoms. The second kappa shape index (κ2) is 6.71. The molecule has 2 rings (SSSR count). The zero-order valence-corrected chi connectivity index (χ0v) is 11.7. The molecule has 1 amide bonds. The molecule has 1 unspecified atom stereocenters. The Morgan fingerprint density at radius 2 is 2.16 bits per heavy atom. The third-order valence-corrected chi connectivity index (χ3v) is 3.86. The highest BCUT2D eigenvalue weighted by Gasteiger charge is 2.18. The Labute approximate surface area is 115 Å². The van der Waals surface area contributed by atoms with Crippen LogP contribution in [0.2, 0.25) is 0 Å². The number of carbonyl (C=O) groups excluding carboxylic acids is 1. The monoisotopic (exact) mass is 260 g/mol. The summed E-state index contributed by atoms with van der Waals surface area (Å²) in [5, 5.41) is 2.88. The second-order valence-corrected chi connectivity index (χ2v) is 5.38. The molecular weight excluding hydrogens is 236 g/mol. The van der Waals surface area contributed by atoms with E-state index in [0.29, 0.717) is 0 Å². The summed E-state index contributed by atoms with van der Waals surface area (Å²) in [5.41, 5.74) is 9.27. The molecule has 1 aromatic rings. The lowest BCUT2D eigenvalue weighted by Crippen LogP contribution is -2.32. The van der Waals surface area contributed by atoms with E-state index in [2.05, 4.69) is 24.4 Å². The summed E-state index contributed by atoms with van der Waals surface area (Å²) < 4.78 is 0. The molecule has 1 aromatic carbocycles. The van der Waals surface area contributed by atoms with Gasteiger partial charge in [-0.25, -0.2) is 0 Å². The van der Waals surface area contributed by atoms with Gasteiger partial charge in [-0.15, -0.1) is 0 Å². The average molecular weight is 260 g/mol. The molecule has 1 aliphatic rings. The molecule has 1 atom stereocenters. The quantitative estimate of drug-likeness (QED) is 0.773. The molecule has 3 nitrogen and oxygen atoms in total. The Kier molecular flexibility index (Phi) is 4.97. The van der Waals surface area contributed by atoms with Gasteiger partial charge in [-0.1, -0.05) is 44.7 Å². The summed E-state index contributed by atoms with van der Waals surface area (Å²) in [7, 11) is 0. The standard InChI is InChI=1S/C16H24N2O/c1-2-3-4-5-6-15(17)13-8-7-12-9-10-18-16(19)14(12)11-13/h7-8,11,15H,2-6,9-10,17H2,1H3,(H,18,19). The molecule has 1 heterocycles. The summed E-state index contributed by atoms with van der Waals surface area (Å²) in [5.74, 6) is 0.0429. The largest absolute Gasteiger partial charge is 0.352 e. The van der Waals surface area contributed by atoms with E-state index in [1.165, 1.54) is 19.3 Å². The van der Waals surface area contributed by atoms with E-state index in [1.807, 2.05) is 6.07 Å². The van der Waals surface area contributed by atoms with E-state index in [-0.39, 0.29) is 11.9 Å². The first-order chi connectivity index (χ1) is 9.22. The van der Waals surface area contributed by atoms with Crippen LogP contribution in [-0.2, 0) is 6.42 Å². The summed E-state index contributed by atoms with van der Waals surface area (Å²) >= 11 is 0. The lowest BCUT2D eigenvalue weighted by Gasteiger charge is -2.19. The van der Waals surface area contributed by atoms with Crippen LogP contribution < -0.4 is 11.1 Å². The molecule has 0 aromatic heterocycles. The number of benzene rings is 1. The third-order valence-electron chi connectivity index (χ3n) is 3.86. The number of nitrogens with one attached hydrogen (secondary N) is 1. The molecule has 0 aliphatic carbocycles. The van der Waals surface area contributed by atoms with Crippen LogP contribution >= 0.6 is 0 Å². The summed E-state index contributed by atoms with van der Waals surface area (Å²) in [6, 6.07) is 6.18. The van der Waals surface area contributed by atoms with E-state index in [9.17, 15) is 4.79 Å². The highest BCUT2D eigenvalue weighted by molar-refractivity contribution is 5.96. The Hall–Kier alpha value is -1.35. The maximum Gasteiger partial charge on any atom is 0.251 e. The van der Waals surface area contributed by atoms with Crippen LogP contribution in [0.15, 0.2) is 18.2 Å². The first kappa shape index (κ1) is 14.1. The van der Waals surface area contributed by atoms with Crippen LogP contribution in [0, 0.1) is 0 Å². The van der Waals surface area contributed by atoms with E-state index >= 15 is 0 Å². The van der Waals surface area contributed by atoms with Gasteiger partial charge in [0, 0.05) is 18.2 Å². The zero-order chi connectivity index (χ0) is 13.7. The number of fused-ring (bicyclic) bond motifs is 1. The summed E-state index contributed by atoms with van der Waals surface area (Å²) in [6.07, 6.45) is 6.86. The van der Waals surface area contributed by atoms with Crippen molar-refractivity contribution in [3.63, 3.8) is 0 Å². The highest BCUT2D eigenvalue weighted by Crippen LogP contribution is 2.22. The molecule has 0 fully saturated rings. The first-order valence-electron chi connectivity index (χ1n) is 7.39. The van der Waals surface area contributed by atoms with Crippen LogP contribution in [0.25, 0.3) is 0 Å². The fraction of sp³-hybridized carbons (Fsp3) is 0.562. The molecule has 0 saturated carbocycles. The van der Waals surface area contributed by atoms with Crippen molar-refractivity contribution in [3.05, 3.63) is 34.9 Å². The van der Waals surface area contributed by atoms with Crippen LogP contribution in [-0.4, -0.2) is 12.5 Å². The van der Waals surface area contributed by atoms with E-state index in [1.54, 1.807) is 0 Å². The first-order valence-corrected chi connectivity index (χ1v) is 7.39. The number of hydrogen-bond acceptors (Lipinski definition) is 2. The topological polar surface area (TPSA) is 55.1 Å². The number of unbranched alkanes of at least 4 members (excludes halogenated alkanes) is 3. The van der Waals surface area contributed by atoms with Gasteiger partial charge in [0.15, 0.2) is 0 Å². The molecule has 104 valence electrons. The average Bonchev–Trinajstić information content (AvgIpc) is 2.43. The minimum Gasteiger partial charge on any atom is -0.352 e. The van der Waals surface area contributed by atoms with E-state index in [0.717, 1.165) is 42.5 Å². The van der Waals surface area contributed by atoms with Gasteiger partial charge in [-0.3, -0.25) is 4.79 Å².